The second kappa shape index (κ2) is 2.98. The number of hydrogen-bond acceptors (Lipinski definition) is 2. The molecule has 0 saturated carbocycles. The van der Waals surface area contributed by atoms with Crippen molar-refractivity contribution in [2.45, 2.75) is 18.6 Å². The van der Waals surface area contributed by atoms with Gasteiger partial charge in [-0.2, -0.15) is 13.2 Å². The summed E-state index contributed by atoms with van der Waals surface area (Å²) < 4.78 is 36.1. The molecule has 0 unspecified atom stereocenters. The minimum absolute atomic E-state index is 0.0111. The first-order valence-corrected chi connectivity index (χ1v) is 3.53. The van der Waals surface area contributed by atoms with Crippen molar-refractivity contribution in [1.29, 1.82) is 0 Å². The van der Waals surface area contributed by atoms with Crippen LogP contribution in [0.25, 0.3) is 0 Å². The molecule has 0 aliphatic carbocycles. The molecule has 2 nitrogen and oxygen atoms in total. The molecule has 1 rings (SSSR count). The standard InChI is InChI=1S/C6H11F3N2/c7-6(8,9)4-1-5(10)3-11-2-4/h4-5,11H,1-3,10H2/t4-,5-/m0/s1. The van der Waals surface area contributed by atoms with Crippen molar-refractivity contribution in [2.24, 2.45) is 11.7 Å². The second-order valence-corrected chi connectivity index (χ2v) is 2.89. The van der Waals surface area contributed by atoms with Gasteiger partial charge in [-0.15, -0.1) is 0 Å². The summed E-state index contributed by atoms with van der Waals surface area (Å²) in [5.41, 5.74) is 5.36. The number of hydrogen-bond donors (Lipinski definition) is 2. The Morgan fingerprint density at radius 3 is 2.27 bits per heavy atom. The van der Waals surface area contributed by atoms with Crippen molar-refractivity contribution in [3.05, 3.63) is 0 Å². The van der Waals surface area contributed by atoms with Crippen LogP contribution in [0.4, 0.5) is 13.2 Å². The van der Waals surface area contributed by atoms with Crippen LogP contribution in [0.15, 0.2) is 0 Å². The van der Waals surface area contributed by atoms with E-state index in [1.165, 1.54) is 0 Å². The zero-order valence-corrected chi connectivity index (χ0v) is 5.99. The van der Waals surface area contributed by atoms with Gasteiger partial charge in [-0.3, -0.25) is 0 Å². The highest BCUT2D eigenvalue weighted by molar-refractivity contribution is 4.82. The number of piperidine rings is 1. The van der Waals surface area contributed by atoms with Crippen LogP contribution in [0, 0.1) is 5.92 Å². The van der Waals surface area contributed by atoms with E-state index in [0.717, 1.165) is 0 Å². The SMILES string of the molecule is N[C@@H]1CNC[C@@H](C(F)(F)F)C1. The second-order valence-electron chi connectivity index (χ2n) is 2.89. The fraction of sp³-hybridized carbons (Fsp3) is 1.00. The van der Waals surface area contributed by atoms with E-state index < -0.39 is 12.1 Å². The Bertz CT molecular complexity index is 134. The van der Waals surface area contributed by atoms with E-state index in [2.05, 4.69) is 5.32 Å². The molecule has 3 N–H and O–H groups in total. The Morgan fingerprint density at radius 2 is 1.91 bits per heavy atom. The smallest absolute Gasteiger partial charge is 0.327 e. The lowest BCUT2D eigenvalue weighted by Crippen LogP contribution is -2.48. The third kappa shape index (κ3) is 2.34. The van der Waals surface area contributed by atoms with Crippen molar-refractivity contribution in [2.75, 3.05) is 13.1 Å². The molecule has 0 amide bonds. The first kappa shape index (κ1) is 8.80. The summed E-state index contributed by atoms with van der Waals surface area (Å²) in [5, 5.41) is 2.65. The summed E-state index contributed by atoms with van der Waals surface area (Å²) in [6.45, 7) is 0.504. The Labute approximate surface area is 62.9 Å². The minimum atomic E-state index is -4.09. The molecule has 5 heteroatoms. The lowest BCUT2D eigenvalue weighted by Gasteiger charge is -2.28. The highest BCUT2D eigenvalue weighted by Gasteiger charge is 2.41. The third-order valence-corrected chi connectivity index (χ3v) is 1.85. The lowest BCUT2D eigenvalue weighted by atomic mass is 9.96. The number of alkyl halides is 3. The Kier molecular flexibility index (Phi) is 2.39. The highest BCUT2D eigenvalue weighted by Crippen LogP contribution is 2.30. The fourth-order valence-corrected chi connectivity index (χ4v) is 1.22. The summed E-state index contributed by atoms with van der Waals surface area (Å²) in [4.78, 5) is 0. The molecule has 1 heterocycles. The lowest BCUT2D eigenvalue weighted by molar-refractivity contribution is -0.179. The maximum absolute atomic E-state index is 12.0. The molecule has 2 atom stereocenters. The number of nitrogens with one attached hydrogen (secondary N) is 1. The molecule has 0 aromatic rings. The van der Waals surface area contributed by atoms with Crippen molar-refractivity contribution in [1.82, 2.24) is 5.32 Å². The molecule has 0 aromatic heterocycles. The third-order valence-electron chi connectivity index (χ3n) is 1.85. The molecule has 0 aromatic carbocycles. The Balaban J connectivity index is 2.46. The number of nitrogens with two attached hydrogens (primary N) is 1. The Morgan fingerprint density at radius 1 is 1.27 bits per heavy atom. The van der Waals surface area contributed by atoms with E-state index in [1.807, 2.05) is 0 Å². The van der Waals surface area contributed by atoms with Gasteiger partial charge < -0.3 is 11.1 Å². The first-order chi connectivity index (χ1) is 5.00. The van der Waals surface area contributed by atoms with Gasteiger partial charge in [0.2, 0.25) is 0 Å². The van der Waals surface area contributed by atoms with Crippen LogP contribution in [-0.4, -0.2) is 25.3 Å². The highest BCUT2D eigenvalue weighted by atomic mass is 19.4. The molecule has 1 aliphatic rings. The summed E-state index contributed by atoms with van der Waals surface area (Å²) in [6, 6.07) is -0.352. The monoisotopic (exact) mass is 168 g/mol. The van der Waals surface area contributed by atoms with E-state index in [0.29, 0.717) is 6.54 Å². The first-order valence-electron chi connectivity index (χ1n) is 3.53. The average molecular weight is 168 g/mol. The van der Waals surface area contributed by atoms with Crippen molar-refractivity contribution < 1.29 is 13.2 Å². The molecule has 1 saturated heterocycles. The van der Waals surface area contributed by atoms with Crippen LogP contribution < -0.4 is 11.1 Å². The van der Waals surface area contributed by atoms with E-state index in [-0.39, 0.29) is 19.0 Å². The van der Waals surface area contributed by atoms with Gasteiger partial charge in [0, 0.05) is 19.1 Å². The molecule has 0 bridgehead atoms. The molecule has 0 radical (unpaired) electrons. The summed E-state index contributed by atoms with van der Waals surface area (Å²) in [5.74, 6) is -1.26. The molecular formula is C6H11F3N2. The normalized spacial score (nSPS) is 33.8. The average Bonchev–Trinajstić information content (AvgIpc) is 1.86. The predicted octanol–water partition coefficient (Wildman–Crippen LogP) is 0.485. The number of rotatable bonds is 0. The zero-order valence-electron chi connectivity index (χ0n) is 5.99. The fourth-order valence-electron chi connectivity index (χ4n) is 1.22. The van der Waals surface area contributed by atoms with Gasteiger partial charge in [0.15, 0.2) is 0 Å². The molecule has 1 aliphatic heterocycles. The Hall–Kier alpha value is -0.290. The minimum Gasteiger partial charge on any atom is -0.327 e. The summed E-state index contributed by atoms with van der Waals surface area (Å²) >= 11 is 0. The summed E-state index contributed by atoms with van der Waals surface area (Å²) in [7, 11) is 0. The molecule has 1 fully saturated rings. The van der Waals surface area contributed by atoms with Crippen molar-refractivity contribution in [3.63, 3.8) is 0 Å². The largest absolute Gasteiger partial charge is 0.393 e. The van der Waals surface area contributed by atoms with E-state index >= 15 is 0 Å². The maximum atomic E-state index is 12.0. The van der Waals surface area contributed by atoms with Crippen LogP contribution in [0.1, 0.15) is 6.42 Å². The predicted molar refractivity (Wildman–Crippen MR) is 35.0 cm³/mol. The van der Waals surface area contributed by atoms with Gasteiger partial charge in [-0.25, -0.2) is 0 Å². The maximum Gasteiger partial charge on any atom is 0.393 e. The van der Waals surface area contributed by atoms with Crippen molar-refractivity contribution in [3.8, 4) is 0 Å². The van der Waals surface area contributed by atoms with E-state index in [9.17, 15) is 13.2 Å². The van der Waals surface area contributed by atoms with Gasteiger partial charge in [0.1, 0.15) is 0 Å². The van der Waals surface area contributed by atoms with Crippen LogP contribution in [0.3, 0.4) is 0 Å². The topological polar surface area (TPSA) is 38.0 Å². The molecule has 0 spiro atoms. The van der Waals surface area contributed by atoms with Crippen LogP contribution in [-0.2, 0) is 0 Å². The molecular weight excluding hydrogens is 157 g/mol. The molecule has 66 valence electrons. The number of halogens is 3. The molecule has 11 heavy (non-hydrogen) atoms. The quantitative estimate of drug-likeness (QED) is 0.552. The van der Waals surface area contributed by atoms with Crippen LogP contribution >= 0.6 is 0 Å². The zero-order chi connectivity index (χ0) is 8.48. The van der Waals surface area contributed by atoms with Gasteiger partial charge in [-0.1, -0.05) is 0 Å². The van der Waals surface area contributed by atoms with Crippen LogP contribution in [0.2, 0.25) is 0 Å². The van der Waals surface area contributed by atoms with Gasteiger partial charge in [0.05, 0.1) is 5.92 Å². The van der Waals surface area contributed by atoms with E-state index in [1.54, 1.807) is 0 Å². The van der Waals surface area contributed by atoms with Gasteiger partial charge in [0.25, 0.3) is 0 Å². The van der Waals surface area contributed by atoms with Gasteiger partial charge in [-0.05, 0) is 6.42 Å². The summed E-state index contributed by atoms with van der Waals surface area (Å²) in [6.07, 6.45) is -4.04. The van der Waals surface area contributed by atoms with Crippen LogP contribution in [0.5, 0.6) is 0 Å². The van der Waals surface area contributed by atoms with Crippen molar-refractivity contribution >= 4 is 0 Å². The van der Waals surface area contributed by atoms with Gasteiger partial charge >= 0.3 is 6.18 Å². The van der Waals surface area contributed by atoms with E-state index in [4.69, 9.17) is 5.73 Å².